The van der Waals surface area contributed by atoms with Crippen LogP contribution in [0.4, 0.5) is 5.69 Å². The number of benzene rings is 1. The van der Waals surface area contributed by atoms with E-state index in [9.17, 15) is 4.79 Å². The number of nitrogens with zero attached hydrogens (tertiary/aromatic N) is 2. The maximum atomic E-state index is 11.8. The van der Waals surface area contributed by atoms with Gasteiger partial charge in [-0.25, -0.2) is 4.99 Å². The maximum absolute atomic E-state index is 11.8. The molecule has 1 aromatic carbocycles. The summed E-state index contributed by atoms with van der Waals surface area (Å²) in [7, 11) is 0. The van der Waals surface area contributed by atoms with Crippen molar-refractivity contribution in [2.75, 3.05) is 0 Å². The van der Waals surface area contributed by atoms with Crippen molar-refractivity contribution in [3.05, 3.63) is 71.1 Å². The van der Waals surface area contributed by atoms with Gasteiger partial charge in [-0.15, -0.1) is 0 Å². The van der Waals surface area contributed by atoms with Crippen LogP contribution in [0.3, 0.4) is 0 Å². The zero-order valence-corrected chi connectivity index (χ0v) is 12.7. The van der Waals surface area contributed by atoms with Crippen molar-refractivity contribution in [1.82, 2.24) is 4.98 Å². The Morgan fingerprint density at radius 2 is 1.90 bits per heavy atom. The third-order valence-corrected chi connectivity index (χ3v) is 3.30. The number of hydrogen-bond donors (Lipinski definition) is 0. The Labute approximate surface area is 134 Å². The average Bonchev–Trinajstić information content (AvgIpc) is 2.45. The van der Waals surface area contributed by atoms with Crippen molar-refractivity contribution in [2.45, 2.75) is 13.8 Å². The van der Waals surface area contributed by atoms with E-state index in [-0.39, 0.29) is 22.9 Å². The van der Waals surface area contributed by atoms with Gasteiger partial charge in [-0.1, -0.05) is 17.7 Å². The van der Waals surface area contributed by atoms with Crippen LogP contribution in [-0.2, 0) is 17.1 Å². The summed E-state index contributed by atoms with van der Waals surface area (Å²) in [6.07, 6.45) is 4.91. The molecule has 0 saturated carbocycles. The van der Waals surface area contributed by atoms with Gasteiger partial charge in [0.2, 0.25) is 5.78 Å². The summed E-state index contributed by atoms with van der Waals surface area (Å²) in [5, 5.41) is 0. The number of pyridine rings is 1. The van der Waals surface area contributed by atoms with Crippen LogP contribution in [0.15, 0.2) is 53.7 Å². The molecule has 3 nitrogen and oxygen atoms in total. The molecule has 1 aliphatic carbocycles. The average molecular weight is 326 g/mol. The Bertz CT molecular complexity index is 763. The van der Waals surface area contributed by atoms with Crippen LogP contribution in [0.25, 0.3) is 0 Å². The van der Waals surface area contributed by atoms with E-state index in [2.05, 4.69) is 23.0 Å². The first kappa shape index (κ1) is 15.4. The topological polar surface area (TPSA) is 42.3 Å². The van der Waals surface area contributed by atoms with Crippen molar-refractivity contribution in [1.29, 1.82) is 0 Å². The number of carbonyl (C=O) groups excluding carboxylic acids is 1. The van der Waals surface area contributed by atoms with Crippen LogP contribution in [0, 0.1) is 13.8 Å². The molecule has 1 aromatic heterocycles. The van der Waals surface area contributed by atoms with E-state index >= 15 is 0 Å². The summed E-state index contributed by atoms with van der Waals surface area (Å²) in [6.45, 7) is 4.09. The number of fused-ring (bicyclic) bond motifs is 1. The third kappa shape index (κ3) is 3.02. The Kier molecular flexibility index (Phi) is 4.51. The molecule has 0 atom stereocenters. The standard InChI is InChI=1S/C17H14N2O.Cu/c1-11-5-6-14(12(2)10-11)19-15-7-8-16(20)17-13(15)4-3-9-18-17;/h3-10H,1-2H3;. The minimum atomic E-state index is -0.0693. The van der Waals surface area contributed by atoms with Gasteiger partial charge in [0.1, 0.15) is 5.69 Å². The molecule has 21 heavy (non-hydrogen) atoms. The molecule has 0 amide bonds. The zero-order chi connectivity index (χ0) is 14.1. The van der Waals surface area contributed by atoms with Gasteiger partial charge in [0.15, 0.2) is 0 Å². The van der Waals surface area contributed by atoms with Gasteiger partial charge in [-0.2, -0.15) is 0 Å². The molecule has 0 N–H and O–H groups in total. The molecule has 4 heteroatoms. The molecular formula is C17H14CuN2O. The molecule has 3 rings (SSSR count). The molecule has 0 aliphatic heterocycles. The molecule has 0 fully saturated rings. The molecule has 0 spiro atoms. The zero-order valence-electron chi connectivity index (χ0n) is 11.7. The fourth-order valence-corrected chi connectivity index (χ4v) is 2.29. The normalized spacial score (nSPS) is 14.8. The summed E-state index contributed by atoms with van der Waals surface area (Å²) < 4.78 is 0. The maximum Gasteiger partial charge on any atom is 0.204 e. The number of aliphatic imine (C=N–C) groups is 1. The fraction of sp³-hybridized carbons (Fsp3) is 0.118. The summed E-state index contributed by atoms with van der Waals surface area (Å²) in [5.41, 5.74) is 5.29. The fourth-order valence-electron chi connectivity index (χ4n) is 2.29. The summed E-state index contributed by atoms with van der Waals surface area (Å²) in [5.74, 6) is -0.0693. The van der Waals surface area contributed by atoms with Gasteiger partial charge < -0.3 is 0 Å². The van der Waals surface area contributed by atoms with Gasteiger partial charge in [0.25, 0.3) is 0 Å². The van der Waals surface area contributed by atoms with Crippen LogP contribution >= 0.6 is 0 Å². The molecule has 0 saturated heterocycles. The smallest absolute Gasteiger partial charge is 0.204 e. The van der Waals surface area contributed by atoms with Crippen molar-refractivity contribution in [3.8, 4) is 0 Å². The van der Waals surface area contributed by atoms with Crippen LogP contribution in [0.1, 0.15) is 27.2 Å². The SMILES string of the molecule is Cc1ccc(N=C2C=CC(=O)c3ncccc32)c(C)c1.[Cu]. The third-order valence-electron chi connectivity index (χ3n) is 3.30. The van der Waals surface area contributed by atoms with Crippen LogP contribution in [0.2, 0.25) is 0 Å². The largest absolute Gasteiger partial charge is 0.288 e. The second kappa shape index (κ2) is 6.17. The van der Waals surface area contributed by atoms with E-state index in [4.69, 9.17) is 0 Å². The Hall–Kier alpha value is -2.03. The van der Waals surface area contributed by atoms with E-state index in [0.29, 0.717) is 5.69 Å². The number of rotatable bonds is 1. The number of aryl methyl sites for hydroxylation is 2. The van der Waals surface area contributed by atoms with E-state index in [1.807, 2.05) is 31.2 Å². The Balaban J connectivity index is 0.00000161. The van der Waals surface area contributed by atoms with Crippen LogP contribution < -0.4 is 0 Å². The predicted octanol–water partition coefficient (Wildman–Crippen LogP) is 3.57. The summed E-state index contributed by atoms with van der Waals surface area (Å²) in [4.78, 5) is 20.6. The molecule has 1 aliphatic rings. The Morgan fingerprint density at radius 1 is 1.10 bits per heavy atom. The van der Waals surface area contributed by atoms with E-state index < -0.39 is 0 Å². The Morgan fingerprint density at radius 3 is 2.67 bits per heavy atom. The molecular weight excluding hydrogens is 312 g/mol. The van der Waals surface area contributed by atoms with Gasteiger partial charge in [-0.3, -0.25) is 9.78 Å². The molecule has 0 bridgehead atoms. The minimum absolute atomic E-state index is 0. The number of carbonyl (C=O) groups is 1. The van der Waals surface area contributed by atoms with E-state index in [0.717, 1.165) is 22.5 Å². The van der Waals surface area contributed by atoms with Gasteiger partial charge in [0.05, 0.1) is 11.4 Å². The number of ketones is 1. The van der Waals surface area contributed by atoms with Crippen LogP contribution in [0.5, 0.6) is 0 Å². The van der Waals surface area contributed by atoms with Crippen molar-refractivity contribution in [2.24, 2.45) is 4.99 Å². The van der Waals surface area contributed by atoms with Crippen molar-refractivity contribution < 1.29 is 21.9 Å². The van der Waals surface area contributed by atoms with Crippen molar-refractivity contribution >= 4 is 17.2 Å². The van der Waals surface area contributed by atoms with E-state index in [1.54, 1.807) is 12.3 Å². The molecule has 0 unspecified atom stereocenters. The number of allylic oxidation sites excluding steroid dienone is 2. The van der Waals surface area contributed by atoms with Gasteiger partial charge >= 0.3 is 0 Å². The molecule has 1 radical (unpaired) electrons. The molecule has 109 valence electrons. The molecule has 2 aromatic rings. The first-order chi connectivity index (χ1) is 9.65. The second-order valence-corrected chi connectivity index (χ2v) is 4.88. The summed E-state index contributed by atoms with van der Waals surface area (Å²) >= 11 is 0. The number of aromatic nitrogens is 1. The second-order valence-electron chi connectivity index (χ2n) is 4.88. The number of hydrogen-bond acceptors (Lipinski definition) is 3. The first-order valence-corrected chi connectivity index (χ1v) is 6.49. The predicted molar refractivity (Wildman–Crippen MR) is 79.8 cm³/mol. The summed E-state index contributed by atoms with van der Waals surface area (Å²) in [6, 6.07) is 9.84. The van der Waals surface area contributed by atoms with E-state index in [1.165, 1.54) is 11.6 Å². The minimum Gasteiger partial charge on any atom is -0.288 e. The van der Waals surface area contributed by atoms with Gasteiger partial charge in [-0.05, 0) is 49.8 Å². The quantitative estimate of drug-likeness (QED) is 0.752. The molecule has 1 heterocycles. The van der Waals surface area contributed by atoms with Crippen molar-refractivity contribution in [3.63, 3.8) is 0 Å². The van der Waals surface area contributed by atoms with Crippen LogP contribution in [-0.4, -0.2) is 16.5 Å². The monoisotopic (exact) mass is 325 g/mol. The first-order valence-electron chi connectivity index (χ1n) is 6.49. The van der Waals surface area contributed by atoms with Gasteiger partial charge in [0, 0.05) is 28.8 Å².